The van der Waals surface area contributed by atoms with Gasteiger partial charge in [-0.1, -0.05) is 60.4 Å². The summed E-state index contributed by atoms with van der Waals surface area (Å²) in [7, 11) is 6.01. The maximum Gasteiger partial charge on any atom is 0.0793 e. The molecule has 0 radical (unpaired) electrons. The number of benzene rings is 3. The molecule has 3 aromatic carbocycles. The van der Waals surface area contributed by atoms with E-state index in [2.05, 4.69) is 72.6 Å². The SMILES string of the molecule is CN(C)Nc1cc(N(/N=C\C2C#CC3(C)c4ccccc4N(C)C3C=C2)c2ccccc2)ccc1N. The van der Waals surface area contributed by atoms with E-state index >= 15 is 0 Å². The number of rotatable bonds is 6. The minimum Gasteiger partial charge on any atom is -0.397 e. The smallest absolute Gasteiger partial charge is 0.0793 e. The molecule has 0 spiro atoms. The number of likely N-dealkylation sites (N-methyl/N-ethyl adjacent to an activating group) is 1. The van der Waals surface area contributed by atoms with E-state index in [9.17, 15) is 0 Å². The van der Waals surface area contributed by atoms with Crippen molar-refractivity contribution >= 4 is 34.7 Å². The lowest BCUT2D eigenvalue weighted by Crippen LogP contribution is -2.38. The number of nitrogens with zero attached hydrogens (tertiary/aromatic N) is 4. The molecule has 3 aromatic rings. The van der Waals surface area contributed by atoms with Crippen molar-refractivity contribution in [3.05, 3.63) is 90.5 Å². The fourth-order valence-electron chi connectivity index (χ4n) is 4.98. The fraction of sp³-hybridized carbons (Fsp3) is 0.233. The first kappa shape index (κ1) is 23.5. The monoisotopic (exact) mass is 476 g/mol. The molecular weight excluding hydrogens is 444 g/mol. The number of fused-ring (bicyclic) bond motifs is 3. The second kappa shape index (κ2) is 9.44. The van der Waals surface area contributed by atoms with Gasteiger partial charge in [0.1, 0.15) is 0 Å². The summed E-state index contributed by atoms with van der Waals surface area (Å²) in [6.07, 6.45) is 6.35. The molecule has 2 aliphatic rings. The molecule has 6 heteroatoms. The minimum atomic E-state index is -0.257. The van der Waals surface area contributed by atoms with E-state index in [0.29, 0.717) is 5.69 Å². The Morgan fingerprint density at radius 2 is 1.75 bits per heavy atom. The number of hydrogen-bond donors (Lipinski definition) is 2. The Bertz CT molecular complexity index is 1370. The zero-order valence-corrected chi connectivity index (χ0v) is 21.2. The van der Waals surface area contributed by atoms with Gasteiger partial charge in [0, 0.05) is 33.0 Å². The first-order valence-corrected chi connectivity index (χ1v) is 12.1. The van der Waals surface area contributed by atoms with Gasteiger partial charge in [0.25, 0.3) is 0 Å². The highest BCUT2D eigenvalue weighted by Crippen LogP contribution is 2.45. The summed E-state index contributed by atoms with van der Waals surface area (Å²) >= 11 is 0. The van der Waals surface area contributed by atoms with Crippen LogP contribution in [0.25, 0.3) is 0 Å². The first-order valence-electron chi connectivity index (χ1n) is 12.1. The van der Waals surface area contributed by atoms with Crippen LogP contribution < -0.4 is 21.1 Å². The van der Waals surface area contributed by atoms with Crippen molar-refractivity contribution in [2.45, 2.75) is 18.4 Å². The number of anilines is 5. The summed E-state index contributed by atoms with van der Waals surface area (Å²) in [5.74, 6) is 6.98. The van der Waals surface area contributed by atoms with Crippen LogP contribution in [0.15, 0.2) is 90.0 Å². The van der Waals surface area contributed by atoms with E-state index < -0.39 is 0 Å². The van der Waals surface area contributed by atoms with Crippen LogP contribution in [-0.4, -0.2) is 38.4 Å². The quantitative estimate of drug-likeness (QED) is 0.167. The number of hydrazine groups is 1. The van der Waals surface area contributed by atoms with Gasteiger partial charge in [-0.15, -0.1) is 0 Å². The molecule has 6 nitrogen and oxygen atoms in total. The highest BCUT2D eigenvalue weighted by Gasteiger charge is 2.44. The van der Waals surface area contributed by atoms with Gasteiger partial charge in [0.15, 0.2) is 0 Å². The van der Waals surface area contributed by atoms with E-state index in [-0.39, 0.29) is 17.4 Å². The molecule has 0 amide bonds. The number of nitrogen functional groups attached to an aromatic ring is 1. The van der Waals surface area contributed by atoms with Crippen LogP contribution in [0, 0.1) is 17.8 Å². The van der Waals surface area contributed by atoms with Crippen molar-refractivity contribution in [1.29, 1.82) is 0 Å². The molecular formula is C30H32N6. The lowest BCUT2D eigenvalue weighted by molar-refractivity contribution is 0.496. The molecule has 3 unspecified atom stereocenters. The molecule has 0 fully saturated rings. The molecule has 0 bridgehead atoms. The Morgan fingerprint density at radius 3 is 2.53 bits per heavy atom. The summed E-state index contributed by atoms with van der Waals surface area (Å²) in [5.41, 5.74) is 15.1. The van der Waals surface area contributed by atoms with Crippen molar-refractivity contribution in [3.63, 3.8) is 0 Å². The van der Waals surface area contributed by atoms with Crippen LogP contribution in [-0.2, 0) is 5.41 Å². The molecule has 0 aromatic heterocycles. The molecule has 3 atom stereocenters. The second-order valence-corrected chi connectivity index (χ2v) is 9.64. The third kappa shape index (κ3) is 4.30. The number of para-hydroxylation sites is 2. The van der Waals surface area contributed by atoms with E-state index in [1.807, 2.05) is 78.9 Å². The first-order chi connectivity index (χ1) is 17.4. The zero-order chi connectivity index (χ0) is 25.3. The Kier molecular flexibility index (Phi) is 6.17. The Hall–Kier alpha value is -4.21. The summed E-state index contributed by atoms with van der Waals surface area (Å²) in [4.78, 5) is 2.32. The van der Waals surface area contributed by atoms with Crippen LogP contribution in [0.2, 0.25) is 0 Å². The standard InChI is InChI=1S/C30H32N6/c1-30-19-18-22(14-17-29(30)35(4)28-13-9-8-12-25(28)30)21-32-36(23-10-6-5-7-11-23)24-15-16-26(31)27(20-24)33-34(2)3/h5-17,20-22,29,33H,31H2,1-4H3/b32-21-. The molecule has 182 valence electrons. The van der Waals surface area contributed by atoms with Gasteiger partial charge in [-0.2, -0.15) is 5.10 Å². The zero-order valence-electron chi connectivity index (χ0n) is 21.2. The molecule has 1 heterocycles. The van der Waals surface area contributed by atoms with E-state index in [0.717, 1.165) is 17.1 Å². The molecule has 1 aliphatic heterocycles. The van der Waals surface area contributed by atoms with Gasteiger partial charge in [-0.05, 0) is 48.9 Å². The topological polar surface area (TPSA) is 60.1 Å². The van der Waals surface area contributed by atoms with Crippen molar-refractivity contribution in [2.24, 2.45) is 11.0 Å². The summed E-state index contributed by atoms with van der Waals surface area (Å²) < 4.78 is 0. The maximum absolute atomic E-state index is 6.21. The lowest BCUT2D eigenvalue weighted by atomic mass is 9.79. The number of nitrogens with one attached hydrogen (secondary N) is 1. The highest BCUT2D eigenvalue weighted by molar-refractivity contribution is 5.78. The number of nitrogens with two attached hydrogens (primary N) is 1. The maximum atomic E-state index is 6.21. The van der Waals surface area contributed by atoms with Gasteiger partial charge in [0.2, 0.25) is 0 Å². The van der Waals surface area contributed by atoms with Gasteiger partial charge in [-0.3, -0.25) is 0 Å². The molecule has 3 N–H and O–H groups in total. The third-order valence-electron chi connectivity index (χ3n) is 6.82. The van der Waals surface area contributed by atoms with Crippen LogP contribution >= 0.6 is 0 Å². The number of hydrogen-bond acceptors (Lipinski definition) is 6. The Labute approximate surface area is 213 Å². The third-order valence-corrected chi connectivity index (χ3v) is 6.82. The van der Waals surface area contributed by atoms with Crippen molar-refractivity contribution < 1.29 is 0 Å². The van der Waals surface area contributed by atoms with Crippen LogP contribution in [0.3, 0.4) is 0 Å². The van der Waals surface area contributed by atoms with Crippen molar-refractivity contribution in [2.75, 3.05) is 42.2 Å². The van der Waals surface area contributed by atoms with E-state index in [4.69, 9.17) is 10.8 Å². The summed E-state index contributed by atoms with van der Waals surface area (Å²) in [5, 5.41) is 8.70. The van der Waals surface area contributed by atoms with E-state index in [1.54, 1.807) is 0 Å². The van der Waals surface area contributed by atoms with Crippen LogP contribution in [0.4, 0.5) is 28.4 Å². The fourth-order valence-corrected chi connectivity index (χ4v) is 4.98. The second-order valence-electron chi connectivity index (χ2n) is 9.64. The lowest BCUT2D eigenvalue weighted by Gasteiger charge is -2.28. The molecule has 36 heavy (non-hydrogen) atoms. The minimum absolute atomic E-state index is 0.104. The number of allylic oxidation sites excluding steroid dienone is 1. The predicted octanol–water partition coefficient (Wildman–Crippen LogP) is 5.25. The predicted molar refractivity (Wildman–Crippen MR) is 152 cm³/mol. The summed E-state index contributed by atoms with van der Waals surface area (Å²) in [6.45, 7) is 2.24. The van der Waals surface area contributed by atoms with Gasteiger partial charge in [-0.25, -0.2) is 10.0 Å². The molecule has 5 rings (SSSR count). The Morgan fingerprint density at radius 1 is 1.00 bits per heavy atom. The van der Waals surface area contributed by atoms with E-state index in [1.165, 1.54) is 11.3 Å². The van der Waals surface area contributed by atoms with Crippen LogP contribution in [0.5, 0.6) is 0 Å². The molecule has 1 aliphatic carbocycles. The normalized spacial score (nSPS) is 22.1. The van der Waals surface area contributed by atoms with Crippen molar-refractivity contribution in [3.8, 4) is 11.8 Å². The van der Waals surface area contributed by atoms with Gasteiger partial charge >= 0.3 is 0 Å². The largest absolute Gasteiger partial charge is 0.397 e. The number of hydrazone groups is 1. The molecule has 0 saturated carbocycles. The van der Waals surface area contributed by atoms with Gasteiger partial charge < -0.3 is 16.1 Å². The summed E-state index contributed by atoms with van der Waals surface area (Å²) in [6, 6.07) is 24.7. The average molecular weight is 477 g/mol. The Balaban J connectivity index is 1.49. The van der Waals surface area contributed by atoms with Crippen LogP contribution in [0.1, 0.15) is 12.5 Å². The van der Waals surface area contributed by atoms with Gasteiger partial charge in [0.05, 0.1) is 40.1 Å². The molecule has 0 saturated heterocycles. The average Bonchev–Trinajstić information content (AvgIpc) is 2.98. The van der Waals surface area contributed by atoms with Crippen molar-refractivity contribution in [1.82, 2.24) is 5.01 Å². The highest BCUT2D eigenvalue weighted by atomic mass is 15.5.